The van der Waals surface area contributed by atoms with Gasteiger partial charge in [0.25, 0.3) is 0 Å². The standard InChI is InChI=1S/C23H33N3OS/c1-18-5-4-8-20(24-18)15-26-13-12-25(16-21(26)11-14-27)17-22-9-10-23(28-22)19-6-2-3-7-19/h4-5,8-10,19,21,27H,2-3,6-7,11-17H2,1H3. The van der Waals surface area contributed by atoms with Crippen molar-refractivity contribution in [3.8, 4) is 0 Å². The zero-order chi connectivity index (χ0) is 19.3. The van der Waals surface area contributed by atoms with Gasteiger partial charge in [-0.3, -0.25) is 14.8 Å². The molecule has 3 heterocycles. The quantitative estimate of drug-likeness (QED) is 0.758. The fourth-order valence-electron chi connectivity index (χ4n) is 4.76. The van der Waals surface area contributed by atoms with Crippen LogP contribution in [-0.2, 0) is 13.1 Å². The maximum absolute atomic E-state index is 9.59. The van der Waals surface area contributed by atoms with Crippen molar-refractivity contribution in [3.05, 3.63) is 51.5 Å². The molecule has 1 aliphatic carbocycles. The van der Waals surface area contributed by atoms with Gasteiger partial charge in [0.05, 0.1) is 5.69 Å². The van der Waals surface area contributed by atoms with E-state index in [9.17, 15) is 5.11 Å². The maximum Gasteiger partial charge on any atom is 0.0547 e. The number of aromatic nitrogens is 1. The number of thiophene rings is 1. The van der Waals surface area contributed by atoms with Crippen LogP contribution in [0.3, 0.4) is 0 Å². The highest BCUT2D eigenvalue weighted by Gasteiger charge is 2.27. The van der Waals surface area contributed by atoms with Gasteiger partial charge in [0.1, 0.15) is 0 Å². The van der Waals surface area contributed by atoms with Crippen LogP contribution in [0.4, 0.5) is 0 Å². The highest BCUT2D eigenvalue weighted by Crippen LogP contribution is 2.38. The van der Waals surface area contributed by atoms with Gasteiger partial charge in [-0.2, -0.15) is 0 Å². The van der Waals surface area contributed by atoms with Gasteiger partial charge in [0.2, 0.25) is 0 Å². The molecule has 0 aromatic carbocycles. The average molecular weight is 400 g/mol. The third-order valence-corrected chi connectivity index (χ3v) is 7.51. The van der Waals surface area contributed by atoms with E-state index >= 15 is 0 Å². The second-order valence-electron chi connectivity index (χ2n) is 8.43. The van der Waals surface area contributed by atoms with Gasteiger partial charge >= 0.3 is 0 Å². The van der Waals surface area contributed by atoms with Crippen LogP contribution >= 0.6 is 11.3 Å². The number of hydrogen-bond donors (Lipinski definition) is 1. The minimum atomic E-state index is 0.251. The van der Waals surface area contributed by atoms with Crippen molar-refractivity contribution < 1.29 is 5.11 Å². The number of hydrogen-bond acceptors (Lipinski definition) is 5. The third kappa shape index (κ3) is 5.01. The maximum atomic E-state index is 9.59. The van der Waals surface area contributed by atoms with Crippen molar-refractivity contribution in [2.75, 3.05) is 26.2 Å². The number of aliphatic hydroxyl groups excluding tert-OH is 1. The molecule has 0 radical (unpaired) electrons. The smallest absolute Gasteiger partial charge is 0.0547 e. The molecule has 28 heavy (non-hydrogen) atoms. The lowest BCUT2D eigenvalue weighted by molar-refractivity contribution is 0.0496. The summed E-state index contributed by atoms with van der Waals surface area (Å²) in [6.45, 7) is 7.39. The van der Waals surface area contributed by atoms with Crippen molar-refractivity contribution in [2.24, 2.45) is 0 Å². The van der Waals surface area contributed by atoms with E-state index in [0.29, 0.717) is 6.04 Å². The van der Waals surface area contributed by atoms with Crippen LogP contribution in [0.2, 0.25) is 0 Å². The normalized spacial score (nSPS) is 22.1. The van der Waals surface area contributed by atoms with Gasteiger partial charge in [0.15, 0.2) is 0 Å². The number of rotatable bonds is 7. The van der Waals surface area contributed by atoms with Crippen molar-refractivity contribution in [1.29, 1.82) is 0 Å². The van der Waals surface area contributed by atoms with Crippen LogP contribution in [-0.4, -0.2) is 52.2 Å². The van der Waals surface area contributed by atoms with E-state index in [1.807, 2.05) is 24.3 Å². The molecular weight excluding hydrogens is 366 g/mol. The second kappa shape index (κ2) is 9.49. The van der Waals surface area contributed by atoms with E-state index < -0.39 is 0 Å². The molecule has 0 bridgehead atoms. The summed E-state index contributed by atoms with van der Waals surface area (Å²) in [5.41, 5.74) is 2.21. The number of piperazine rings is 1. The van der Waals surface area contributed by atoms with E-state index in [2.05, 4.69) is 39.0 Å². The Kier molecular flexibility index (Phi) is 6.78. The van der Waals surface area contributed by atoms with Crippen LogP contribution in [0.5, 0.6) is 0 Å². The molecule has 2 aromatic rings. The highest BCUT2D eigenvalue weighted by molar-refractivity contribution is 7.12. The predicted molar refractivity (Wildman–Crippen MR) is 116 cm³/mol. The molecule has 2 aromatic heterocycles. The highest BCUT2D eigenvalue weighted by atomic mass is 32.1. The monoisotopic (exact) mass is 399 g/mol. The van der Waals surface area contributed by atoms with Gasteiger partial charge in [0, 0.05) is 60.8 Å². The molecule has 4 rings (SSSR count). The first kappa shape index (κ1) is 20.0. The lowest BCUT2D eigenvalue weighted by atomic mass is 10.1. The fraction of sp³-hybridized carbons (Fsp3) is 0.609. The third-order valence-electron chi connectivity index (χ3n) is 6.28. The Morgan fingerprint density at radius 3 is 2.75 bits per heavy atom. The first-order valence-corrected chi connectivity index (χ1v) is 11.6. The first-order chi connectivity index (χ1) is 13.7. The van der Waals surface area contributed by atoms with E-state index in [1.54, 1.807) is 4.88 Å². The van der Waals surface area contributed by atoms with Crippen molar-refractivity contribution in [2.45, 2.75) is 64.1 Å². The summed E-state index contributed by atoms with van der Waals surface area (Å²) in [7, 11) is 0. The minimum absolute atomic E-state index is 0.251. The van der Waals surface area contributed by atoms with Crippen LogP contribution in [0.15, 0.2) is 30.3 Å². The Morgan fingerprint density at radius 1 is 1.11 bits per heavy atom. The Hall–Kier alpha value is -1.27. The zero-order valence-electron chi connectivity index (χ0n) is 17.0. The second-order valence-corrected chi connectivity index (χ2v) is 9.63. The summed E-state index contributed by atoms with van der Waals surface area (Å²) < 4.78 is 0. The Morgan fingerprint density at radius 2 is 1.96 bits per heavy atom. The van der Waals surface area contributed by atoms with Gasteiger partial charge in [-0.15, -0.1) is 11.3 Å². The molecule has 2 aliphatic rings. The fourth-order valence-corrected chi connectivity index (χ4v) is 5.98. The summed E-state index contributed by atoms with van der Waals surface area (Å²) in [5, 5.41) is 9.59. The molecule has 0 amide bonds. The molecule has 1 N–H and O–H groups in total. The van der Waals surface area contributed by atoms with Crippen LogP contribution in [0, 0.1) is 6.92 Å². The van der Waals surface area contributed by atoms with E-state index in [4.69, 9.17) is 0 Å². The molecule has 4 nitrogen and oxygen atoms in total. The van der Waals surface area contributed by atoms with E-state index in [1.165, 1.54) is 30.6 Å². The van der Waals surface area contributed by atoms with E-state index in [0.717, 1.165) is 56.5 Å². The van der Waals surface area contributed by atoms with Gasteiger partial charge in [-0.05, 0) is 56.4 Å². The topological polar surface area (TPSA) is 39.6 Å². The SMILES string of the molecule is Cc1cccc(CN2CCN(Cc3ccc(C4CCCC4)s3)CC2CCO)n1. The molecule has 2 fully saturated rings. The first-order valence-electron chi connectivity index (χ1n) is 10.8. The number of aryl methyl sites for hydroxylation is 1. The Labute approximate surface area is 173 Å². The number of aliphatic hydroxyl groups is 1. The molecule has 1 saturated carbocycles. The van der Waals surface area contributed by atoms with Crippen molar-refractivity contribution >= 4 is 11.3 Å². The van der Waals surface area contributed by atoms with Crippen LogP contribution in [0.25, 0.3) is 0 Å². The zero-order valence-corrected chi connectivity index (χ0v) is 17.8. The summed E-state index contributed by atoms with van der Waals surface area (Å²) in [5.74, 6) is 0.819. The lowest BCUT2D eigenvalue weighted by Crippen LogP contribution is -2.52. The van der Waals surface area contributed by atoms with Crippen molar-refractivity contribution in [3.63, 3.8) is 0 Å². The summed E-state index contributed by atoms with van der Waals surface area (Å²) in [6.07, 6.45) is 6.39. The molecule has 1 atom stereocenters. The molecule has 5 heteroatoms. The number of pyridine rings is 1. The predicted octanol–water partition coefficient (Wildman–Crippen LogP) is 4.18. The van der Waals surface area contributed by atoms with Crippen LogP contribution in [0.1, 0.15) is 59.2 Å². The molecule has 1 unspecified atom stereocenters. The molecule has 1 aliphatic heterocycles. The molecule has 0 spiro atoms. The largest absolute Gasteiger partial charge is 0.396 e. The lowest BCUT2D eigenvalue weighted by Gasteiger charge is -2.41. The van der Waals surface area contributed by atoms with Gasteiger partial charge < -0.3 is 5.11 Å². The Bertz CT molecular complexity index is 756. The minimum Gasteiger partial charge on any atom is -0.396 e. The molecular formula is C23H33N3OS. The summed E-state index contributed by atoms with van der Waals surface area (Å²) in [4.78, 5) is 12.9. The summed E-state index contributed by atoms with van der Waals surface area (Å²) >= 11 is 2.03. The summed E-state index contributed by atoms with van der Waals surface area (Å²) in [6, 6.07) is 11.4. The van der Waals surface area contributed by atoms with Gasteiger partial charge in [-0.25, -0.2) is 0 Å². The number of nitrogens with zero attached hydrogens (tertiary/aromatic N) is 3. The Balaban J connectivity index is 1.36. The van der Waals surface area contributed by atoms with Crippen LogP contribution < -0.4 is 0 Å². The van der Waals surface area contributed by atoms with Crippen molar-refractivity contribution in [1.82, 2.24) is 14.8 Å². The molecule has 1 saturated heterocycles. The molecule has 152 valence electrons. The van der Waals surface area contributed by atoms with Gasteiger partial charge in [-0.1, -0.05) is 18.9 Å². The van der Waals surface area contributed by atoms with E-state index in [-0.39, 0.29) is 6.61 Å². The average Bonchev–Trinajstić information content (AvgIpc) is 3.36.